The Hall–Kier alpha value is -2.92. The lowest BCUT2D eigenvalue weighted by atomic mass is 9.93. The number of rotatable bonds is 2. The van der Waals surface area contributed by atoms with Crippen LogP contribution < -0.4 is 9.80 Å². The molecule has 0 spiro atoms. The monoisotopic (exact) mass is 362 g/mol. The van der Waals surface area contributed by atoms with Gasteiger partial charge in [-0.05, 0) is 25.1 Å². The Bertz CT molecular complexity index is 909. The van der Waals surface area contributed by atoms with Crippen LogP contribution in [0.15, 0.2) is 54.7 Å². The Morgan fingerprint density at radius 1 is 0.889 bits per heavy atom. The van der Waals surface area contributed by atoms with Gasteiger partial charge in [-0.1, -0.05) is 35.9 Å². The lowest BCUT2D eigenvalue weighted by Crippen LogP contribution is -3.11. The number of nitrogens with one attached hydrogen (secondary N) is 1. The van der Waals surface area contributed by atoms with Crippen LogP contribution in [0.4, 0.5) is 5.69 Å². The molecule has 2 amide bonds. The molecule has 2 heterocycles. The fourth-order valence-electron chi connectivity index (χ4n) is 3.62. The van der Waals surface area contributed by atoms with Crippen molar-refractivity contribution in [3.8, 4) is 0 Å². The van der Waals surface area contributed by atoms with Crippen LogP contribution in [0.5, 0.6) is 0 Å². The van der Waals surface area contributed by atoms with Crippen LogP contribution >= 0.6 is 0 Å². The zero-order valence-electron chi connectivity index (χ0n) is 15.7. The number of benzene rings is 2. The molecule has 1 saturated heterocycles. The molecule has 2 aromatic carbocycles. The molecule has 2 aromatic rings. The summed E-state index contributed by atoms with van der Waals surface area (Å²) in [7, 11) is 2.18. The summed E-state index contributed by atoms with van der Waals surface area (Å²) in [6.45, 7) is 5.88. The van der Waals surface area contributed by atoms with E-state index in [-0.39, 0.29) is 11.8 Å². The van der Waals surface area contributed by atoms with Crippen LogP contribution in [0.2, 0.25) is 0 Å². The van der Waals surface area contributed by atoms with Gasteiger partial charge in [0.15, 0.2) is 0 Å². The van der Waals surface area contributed by atoms with Gasteiger partial charge in [-0.25, -0.2) is 4.90 Å². The minimum absolute atomic E-state index is 0.256. The maximum Gasteiger partial charge on any atom is 0.267 e. The van der Waals surface area contributed by atoms with Crippen LogP contribution in [0, 0.1) is 6.92 Å². The normalized spacial score (nSPS) is 19.6. The predicted octanol–water partition coefficient (Wildman–Crippen LogP) is 1.35. The van der Waals surface area contributed by atoms with Gasteiger partial charge in [0.05, 0.1) is 44.5 Å². The van der Waals surface area contributed by atoms with Gasteiger partial charge in [0.1, 0.15) is 0 Å². The molecule has 4 rings (SSSR count). The summed E-state index contributed by atoms with van der Waals surface area (Å²) < 4.78 is 0. The summed E-state index contributed by atoms with van der Waals surface area (Å²) in [6.07, 6.45) is 1.95. The minimum atomic E-state index is -0.264. The number of anilines is 1. The minimum Gasteiger partial charge on any atom is -0.365 e. The van der Waals surface area contributed by atoms with Gasteiger partial charge in [0.2, 0.25) is 0 Å². The van der Waals surface area contributed by atoms with Crippen molar-refractivity contribution in [2.75, 3.05) is 38.1 Å². The van der Waals surface area contributed by atoms with Gasteiger partial charge >= 0.3 is 0 Å². The van der Waals surface area contributed by atoms with Crippen LogP contribution in [-0.4, -0.2) is 49.9 Å². The maximum absolute atomic E-state index is 13.3. The summed E-state index contributed by atoms with van der Waals surface area (Å²) in [5.74, 6) is -0.520. The van der Waals surface area contributed by atoms with E-state index in [1.807, 2.05) is 55.6 Å². The number of carbonyl (C=O) groups excluding carboxylic acids is 2. The molecule has 0 aliphatic carbocycles. The lowest BCUT2D eigenvalue weighted by Gasteiger charge is -2.32. The molecule has 0 atom stereocenters. The fraction of sp³-hybridized carbons (Fsp3) is 0.273. The van der Waals surface area contributed by atoms with Crippen molar-refractivity contribution in [2.45, 2.75) is 6.92 Å². The molecule has 0 saturated carbocycles. The van der Waals surface area contributed by atoms with Crippen LogP contribution in [-0.2, 0) is 4.79 Å². The number of aryl methyl sites for hydroxylation is 1. The van der Waals surface area contributed by atoms with Crippen LogP contribution in [0.1, 0.15) is 21.5 Å². The highest BCUT2D eigenvalue weighted by Crippen LogP contribution is 2.32. The number of hydrogen-bond acceptors (Lipinski definition) is 3. The SMILES string of the molecule is Cc1ccc(N2C(=O)C(=CN3CC[NH+](C)CC3)c3ccccc3C2=O)cc1. The zero-order chi connectivity index (χ0) is 19.0. The molecule has 0 aromatic heterocycles. The van der Waals surface area contributed by atoms with E-state index in [0.29, 0.717) is 16.8 Å². The number of carbonyl (C=O) groups is 2. The van der Waals surface area contributed by atoms with E-state index in [2.05, 4.69) is 11.9 Å². The molecular formula is C22H24N3O2+. The van der Waals surface area contributed by atoms with Crippen LogP contribution in [0.3, 0.4) is 0 Å². The summed E-state index contributed by atoms with van der Waals surface area (Å²) in [5, 5.41) is 0. The second-order valence-corrected chi connectivity index (χ2v) is 7.36. The van der Waals surface area contributed by atoms with E-state index in [0.717, 1.165) is 37.3 Å². The van der Waals surface area contributed by atoms with Crippen molar-refractivity contribution in [2.24, 2.45) is 0 Å². The van der Waals surface area contributed by atoms with E-state index in [1.54, 1.807) is 6.07 Å². The van der Waals surface area contributed by atoms with Crippen molar-refractivity contribution in [3.05, 3.63) is 71.4 Å². The molecule has 0 unspecified atom stereocenters. The number of likely N-dealkylation sites (N-methyl/N-ethyl adjacent to an activating group) is 1. The third-order valence-electron chi connectivity index (χ3n) is 5.34. The number of imide groups is 1. The maximum atomic E-state index is 13.3. The van der Waals surface area contributed by atoms with Crippen molar-refractivity contribution in [1.82, 2.24) is 4.90 Å². The van der Waals surface area contributed by atoms with E-state index < -0.39 is 0 Å². The number of quaternary nitrogens is 1. The highest BCUT2D eigenvalue weighted by molar-refractivity contribution is 6.41. The Morgan fingerprint density at radius 3 is 2.19 bits per heavy atom. The average molecular weight is 362 g/mol. The lowest BCUT2D eigenvalue weighted by molar-refractivity contribution is -0.883. The van der Waals surface area contributed by atoms with E-state index in [4.69, 9.17) is 0 Å². The quantitative estimate of drug-likeness (QED) is 0.648. The first-order chi connectivity index (χ1) is 13.0. The fourth-order valence-corrected chi connectivity index (χ4v) is 3.62. The zero-order valence-corrected chi connectivity index (χ0v) is 15.7. The molecule has 5 nitrogen and oxygen atoms in total. The summed E-state index contributed by atoms with van der Waals surface area (Å²) in [4.78, 5) is 31.4. The Labute approximate surface area is 159 Å². The number of fused-ring (bicyclic) bond motifs is 1. The predicted molar refractivity (Wildman–Crippen MR) is 106 cm³/mol. The largest absolute Gasteiger partial charge is 0.365 e. The molecule has 0 radical (unpaired) electrons. The first-order valence-electron chi connectivity index (χ1n) is 9.36. The number of nitrogens with zero attached hydrogens (tertiary/aromatic N) is 2. The molecular weight excluding hydrogens is 338 g/mol. The van der Waals surface area contributed by atoms with Gasteiger partial charge in [-0.15, -0.1) is 0 Å². The number of amides is 2. The summed E-state index contributed by atoms with van der Waals surface area (Å²) in [6, 6.07) is 14.9. The average Bonchev–Trinajstić information content (AvgIpc) is 2.68. The Morgan fingerprint density at radius 2 is 1.52 bits per heavy atom. The number of piperazine rings is 1. The standard InChI is InChI=1S/C22H23N3O2/c1-16-7-9-17(10-8-16)25-21(26)19-6-4-3-5-18(19)20(22(25)27)15-24-13-11-23(2)12-14-24/h3-10,15H,11-14H2,1-2H3/p+1. The van der Waals surface area contributed by atoms with E-state index in [9.17, 15) is 9.59 Å². The van der Waals surface area contributed by atoms with Crippen molar-refractivity contribution >= 4 is 23.1 Å². The topological polar surface area (TPSA) is 45.1 Å². The molecule has 2 aliphatic heterocycles. The molecule has 0 bridgehead atoms. The second-order valence-electron chi connectivity index (χ2n) is 7.36. The highest BCUT2D eigenvalue weighted by atomic mass is 16.2. The summed E-state index contributed by atoms with van der Waals surface area (Å²) >= 11 is 0. The first kappa shape index (κ1) is 17.5. The molecule has 27 heavy (non-hydrogen) atoms. The smallest absolute Gasteiger partial charge is 0.267 e. The van der Waals surface area contributed by atoms with Crippen molar-refractivity contribution < 1.29 is 14.5 Å². The van der Waals surface area contributed by atoms with E-state index in [1.165, 1.54) is 9.80 Å². The van der Waals surface area contributed by atoms with Gasteiger partial charge in [-0.2, -0.15) is 0 Å². The van der Waals surface area contributed by atoms with Crippen LogP contribution in [0.25, 0.3) is 5.57 Å². The summed E-state index contributed by atoms with van der Waals surface area (Å²) in [5.41, 5.74) is 3.58. The van der Waals surface area contributed by atoms with Gasteiger partial charge < -0.3 is 9.80 Å². The molecule has 5 heteroatoms. The second kappa shape index (κ2) is 7.00. The van der Waals surface area contributed by atoms with E-state index >= 15 is 0 Å². The highest BCUT2D eigenvalue weighted by Gasteiger charge is 2.36. The Balaban J connectivity index is 1.78. The first-order valence-corrected chi connectivity index (χ1v) is 9.36. The van der Waals surface area contributed by atoms with Crippen molar-refractivity contribution in [1.29, 1.82) is 0 Å². The third-order valence-corrected chi connectivity index (χ3v) is 5.34. The number of hydrogen-bond donors (Lipinski definition) is 1. The third kappa shape index (κ3) is 3.26. The van der Waals surface area contributed by atoms with Crippen molar-refractivity contribution in [3.63, 3.8) is 0 Å². The van der Waals surface area contributed by atoms with Gasteiger partial charge in [0.25, 0.3) is 11.8 Å². The van der Waals surface area contributed by atoms with Gasteiger partial charge in [0, 0.05) is 17.3 Å². The molecule has 138 valence electrons. The Kier molecular flexibility index (Phi) is 4.54. The molecule has 1 N–H and O–H groups in total. The molecule has 1 fully saturated rings. The van der Waals surface area contributed by atoms with Gasteiger partial charge in [-0.3, -0.25) is 9.59 Å². The molecule has 2 aliphatic rings.